The number of rotatable bonds is 7. The van der Waals surface area contributed by atoms with Crippen LogP contribution in [0.2, 0.25) is 0 Å². The van der Waals surface area contributed by atoms with E-state index in [0.717, 1.165) is 5.69 Å². The lowest BCUT2D eigenvalue weighted by Gasteiger charge is -2.28. The Morgan fingerprint density at radius 3 is 2.64 bits per heavy atom. The molecule has 2 amide bonds. The van der Waals surface area contributed by atoms with Crippen molar-refractivity contribution >= 4 is 11.8 Å². The van der Waals surface area contributed by atoms with E-state index in [2.05, 4.69) is 16.4 Å². The van der Waals surface area contributed by atoms with E-state index in [1.165, 1.54) is 17.0 Å². The summed E-state index contributed by atoms with van der Waals surface area (Å²) in [5.74, 6) is 0.908. The number of carbonyl (C=O) groups excluding carboxylic acids is 2. The van der Waals surface area contributed by atoms with Gasteiger partial charge in [0.1, 0.15) is 23.5 Å². The van der Waals surface area contributed by atoms with Crippen LogP contribution in [0.4, 0.5) is 4.39 Å². The molecule has 0 saturated carbocycles. The monoisotopic (exact) mass is 455 g/mol. The molecule has 1 aromatic carbocycles. The van der Waals surface area contributed by atoms with Gasteiger partial charge in [-0.2, -0.15) is 0 Å². The van der Waals surface area contributed by atoms with Gasteiger partial charge in [0.2, 0.25) is 11.8 Å². The second-order valence-corrected chi connectivity index (χ2v) is 9.09. The number of carbonyl (C=O) groups is 2. The summed E-state index contributed by atoms with van der Waals surface area (Å²) in [6.45, 7) is 7.73. The first-order valence-electron chi connectivity index (χ1n) is 11.1. The van der Waals surface area contributed by atoms with Gasteiger partial charge >= 0.3 is 0 Å². The standard InChI is InChI=1S/C25H30FN3O4/c1-6-16-7-8-17(19(26)9-16)12-27-24(31)21-10-18(30)13-29(21)25(32)23(15(4)5)22-11-20(14(2)3)28-33-22/h1,7-9,11,14-15,18,21,23,30H,10,12-13H2,2-5H3,(H,27,31)/t18-,21+,23-/m1/s1. The molecule has 1 aromatic heterocycles. The largest absolute Gasteiger partial charge is 0.391 e. The van der Waals surface area contributed by atoms with Crippen molar-refractivity contribution in [1.29, 1.82) is 0 Å². The van der Waals surface area contributed by atoms with Crippen LogP contribution in [0.3, 0.4) is 0 Å². The Morgan fingerprint density at radius 1 is 1.33 bits per heavy atom. The molecule has 0 radical (unpaired) electrons. The summed E-state index contributed by atoms with van der Waals surface area (Å²) in [5.41, 5.74) is 1.44. The highest BCUT2D eigenvalue weighted by atomic mass is 19.1. The van der Waals surface area contributed by atoms with Crippen LogP contribution >= 0.6 is 0 Å². The Morgan fingerprint density at radius 2 is 2.06 bits per heavy atom. The first-order valence-corrected chi connectivity index (χ1v) is 11.1. The van der Waals surface area contributed by atoms with Crippen LogP contribution in [-0.4, -0.2) is 45.7 Å². The molecule has 0 bridgehead atoms. The third-order valence-electron chi connectivity index (χ3n) is 5.91. The quantitative estimate of drug-likeness (QED) is 0.626. The van der Waals surface area contributed by atoms with Crippen molar-refractivity contribution in [2.45, 2.75) is 64.6 Å². The lowest BCUT2D eigenvalue weighted by Crippen LogP contribution is -2.48. The lowest BCUT2D eigenvalue weighted by atomic mass is 9.90. The van der Waals surface area contributed by atoms with Crippen LogP contribution in [0, 0.1) is 24.1 Å². The highest BCUT2D eigenvalue weighted by Gasteiger charge is 2.43. The van der Waals surface area contributed by atoms with Gasteiger partial charge in [-0.3, -0.25) is 9.59 Å². The SMILES string of the molecule is C#Cc1ccc(CNC(=O)[C@@H]2C[C@@H](O)CN2C(=O)[C@@H](c2cc(C(C)C)no2)C(C)C)c(F)c1. The zero-order chi connectivity index (χ0) is 24.3. The van der Waals surface area contributed by atoms with Gasteiger partial charge in [-0.25, -0.2) is 4.39 Å². The fraction of sp³-hybridized carbons (Fsp3) is 0.480. The van der Waals surface area contributed by atoms with E-state index in [4.69, 9.17) is 10.9 Å². The van der Waals surface area contributed by atoms with E-state index in [0.29, 0.717) is 11.3 Å². The third-order valence-corrected chi connectivity index (χ3v) is 5.91. The average molecular weight is 456 g/mol. The van der Waals surface area contributed by atoms with Gasteiger partial charge in [0.05, 0.1) is 11.8 Å². The van der Waals surface area contributed by atoms with Crippen LogP contribution in [0.1, 0.15) is 68.5 Å². The van der Waals surface area contributed by atoms with Crippen molar-refractivity contribution in [2.24, 2.45) is 5.92 Å². The second kappa shape index (κ2) is 10.2. The number of hydrogen-bond donors (Lipinski definition) is 2. The molecule has 0 aliphatic carbocycles. The van der Waals surface area contributed by atoms with Crippen molar-refractivity contribution < 1.29 is 23.6 Å². The lowest BCUT2D eigenvalue weighted by molar-refractivity contribution is -0.141. The Hall–Kier alpha value is -3.18. The molecule has 1 fully saturated rings. The summed E-state index contributed by atoms with van der Waals surface area (Å²) in [6, 6.07) is 5.25. The molecule has 2 N–H and O–H groups in total. The van der Waals surface area contributed by atoms with Crippen molar-refractivity contribution in [3.05, 3.63) is 52.7 Å². The number of likely N-dealkylation sites (tertiary alicyclic amines) is 1. The summed E-state index contributed by atoms with van der Waals surface area (Å²) < 4.78 is 19.7. The van der Waals surface area contributed by atoms with Crippen LogP contribution < -0.4 is 5.32 Å². The van der Waals surface area contributed by atoms with E-state index >= 15 is 0 Å². The molecule has 2 aromatic rings. The zero-order valence-corrected chi connectivity index (χ0v) is 19.3. The molecule has 8 heteroatoms. The van der Waals surface area contributed by atoms with Gasteiger partial charge in [0.15, 0.2) is 0 Å². The van der Waals surface area contributed by atoms with Gasteiger partial charge in [0, 0.05) is 36.7 Å². The minimum atomic E-state index is -0.866. The van der Waals surface area contributed by atoms with Crippen molar-refractivity contribution in [3.8, 4) is 12.3 Å². The smallest absolute Gasteiger partial charge is 0.243 e. The molecule has 3 rings (SSSR count). The van der Waals surface area contributed by atoms with Gasteiger partial charge in [-0.05, 0) is 24.0 Å². The predicted octanol–water partition coefficient (Wildman–Crippen LogP) is 2.94. The maximum absolute atomic E-state index is 14.2. The molecule has 3 atom stereocenters. The molecule has 1 aliphatic heterocycles. The van der Waals surface area contributed by atoms with Crippen LogP contribution in [0.15, 0.2) is 28.8 Å². The highest BCUT2D eigenvalue weighted by Crippen LogP contribution is 2.32. The average Bonchev–Trinajstić information content (AvgIpc) is 3.39. The molecular formula is C25H30FN3O4. The van der Waals surface area contributed by atoms with Gasteiger partial charge in [-0.1, -0.05) is 44.8 Å². The van der Waals surface area contributed by atoms with Crippen molar-refractivity contribution in [2.75, 3.05) is 6.54 Å². The third kappa shape index (κ3) is 5.42. The number of nitrogens with one attached hydrogen (secondary N) is 1. The molecule has 176 valence electrons. The molecular weight excluding hydrogens is 425 g/mol. The van der Waals surface area contributed by atoms with Gasteiger partial charge < -0.3 is 19.8 Å². The summed E-state index contributed by atoms with van der Waals surface area (Å²) in [5, 5.41) is 17.0. The van der Waals surface area contributed by atoms with E-state index in [1.54, 1.807) is 12.1 Å². The number of aliphatic hydroxyl groups is 1. The molecule has 33 heavy (non-hydrogen) atoms. The number of terminal acetylenes is 1. The predicted molar refractivity (Wildman–Crippen MR) is 120 cm³/mol. The van der Waals surface area contributed by atoms with Crippen LogP contribution in [0.5, 0.6) is 0 Å². The molecule has 1 aliphatic rings. The Balaban J connectivity index is 1.76. The summed E-state index contributed by atoms with van der Waals surface area (Å²) in [4.78, 5) is 27.8. The van der Waals surface area contributed by atoms with Crippen molar-refractivity contribution in [3.63, 3.8) is 0 Å². The number of β-amino-alcohol motifs (C(OH)–C–C–N with tert-alkyl or cyclic N) is 1. The molecule has 2 heterocycles. The van der Waals surface area contributed by atoms with Crippen LogP contribution in [-0.2, 0) is 16.1 Å². The van der Waals surface area contributed by atoms with Crippen molar-refractivity contribution in [1.82, 2.24) is 15.4 Å². The fourth-order valence-electron chi connectivity index (χ4n) is 4.02. The minimum absolute atomic E-state index is 0.0382. The normalized spacial score (nSPS) is 19.1. The molecule has 1 saturated heterocycles. The van der Waals surface area contributed by atoms with Gasteiger partial charge in [-0.15, -0.1) is 6.42 Å². The summed E-state index contributed by atoms with van der Waals surface area (Å²) in [6.07, 6.45) is 4.55. The second-order valence-electron chi connectivity index (χ2n) is 9.09. The summed E-state index contributed by atoms with van der Waals surface area (Å²) >= 11 is 0. The molecule has 7 nitrogen and oxygen atoms in total. The van der Waals surface area contributed by atoms with E-state index in [1.807, 2.05) is 27.7 Å². The zero-order valence-electron chi connectivity index (χ0n) is 19.3. The summed E-state index contributed by atoms with van der Waals surface area (Å²) in [7, 11) is 0. The minimum Gasteiger partial charge on any atom is -0.391 e. The molecule has 0 unspecified atom stereocenters. The number of benzene rings is 1. The number of nitrogens with zero attached hydrogens (tertiary/aromatic N) is 2. The van der Waals surface area contributed by atoms with E-state index in [9.17, 15) is 19.1 Å². The Kier molecular flexibility index (Phi) is 7.54. The van der Waals surface area contributed by atoms with Crippen LogP contribution in [0.25, 0.3) is 0 Å². The first kappa shape index (κ1) is 24.5. The maximum Gasteiger partial charge on any atom is 0.243 e. The number of aromatic nitrogens is 1. The number of aliphatic hydroxyl groups excluding tert-OH is 1. The van der Waals surface area contributed by atoms with Gasteiger partial charge in [0.25, 0.3) is 0 Å². The van der Waals surface area contributed by atoms with E-state index in [-0.39, 0.29) is 42.8 Å². The number of halogens is 1. The Bertz CT molecular complexity index is 1060. The number of amides is 2. The first-order chi connectivity index (χ1) is 15.6. The highest BCUT2D eigenvalue weighted by molar-refractivity contribution is 5.91. The van der Waals surface area contributed by atoms with E-state index < -0.39 is 29.8 Å². The molecule has 0 spiro atoms. The Labute approximate surface area is 193 Å². The topological polar surface area (TPSA) is 95.7 Å². The fourth-order valence-corrected chi connectivity index (χ4v) is 4.02. The maximum atomic E-state index is 14.2. The number of hydrogen-bond acceptors (Lipinski definition) is 5.